The lowest BCUT2D eigenvalue weighted by Gasteiger charge is -2.12. The van der Waals surface area contributed by atoms with Gasteiger partial charge in [0.1, 0.15) is 6.17 Å². The molecule has 0 bridgehead atoms. The summed E-state index contributed by atoms with van der Waals surface area (Å²) < 4.78 is 23.8. The molecule has 2 atom stereocenters. The maximum absolute atomic E-state index is 12.6. The average Bonchev–Trinajstić information content (AvgIpc) is 2.00. The van der Waals surface area contributed by atoms with E-state index < -0.39 is 13.5 Å². The Kier molecular flexibility index (Phi) is 5.72. The zero-order valence-electron chi connectivity index (χ0n) is 7.37. The fourth-order valence-corrected chi connectivity index (χ4v) is 2.64. The minimum absolute atomic E-state index is 0.170. The summed E-state index contributed by atoms with van der Waals surface area (Å²) in [5, 5.41) is 0. The van der Waals surface area contributed by atoms with Gasteiger partial charge in [-0.05, 0) is 6.42 Å². The van der Waals surface area contributed by atoms with Crippen molar-refractivity contribution in [2.45, 2.75) is 25.9 Å². The van der Waals surface area contributed by atoms with Crippen LogP contribution in [0.25, 0.3) is 0 Å². The molecule has 0 aromatic rings. The quantitative estimate of drug-likeness (QED) is 0.632. The van der Waals surface area contributed by atoms with Crippen molar-refractivity contribution >= 4 is 7.37 Å². The minimum Gasteiger partial charge on any atom is -0.344 e. The van der Waals surface area contributed by atoms with Gasteiger partial charge in [0, 0.05) is 12.7 Å². The number of hydrogen-bond donors (Lipinski definition) is 2. The predicted octanol–water partition coefficient (Wildman–Crippen LogP) is 1.35. The van der Waals surface area contributed by atoms with Gasteiger partial charge in [-0.2, -0.15) is 0 Å². The molecular weight excluding hydrogens is 180 g/mol. The summed E-state index contributed by atoms with van der Waals surface area (Å²) in [6, 6.07) is 0. The second-order valence-electron chi connectivity index (χ2n) is 2.94. The number of rotatable bonds is 6. The molecule has 0 amide bonds. The first kappa shape index (κ1) is 12.1. The molecule has 0 aromatic carbocycles. The van der Waals surface area contributed by atoms with Crippen molar-refractivity contribution in [3.63, 3.8) is 0 Å². The summed E-state index contributed by atoms with van der Waals surface area (Å²) in [6.45, 7) is 1.76. The third-order valence-electron chi connectivity index (χ3n) is 1.60. The first-order valence-corrected chi connectivity index (χ1v) is 6.20. The molecule has 0 heterocycles. The van der Waals surface area contributed by atoms with Crippen LogP contribution in [-0.4, -0.2) is 29.9 Å². The van der Waals surface area contributed by atoms with E-state index in [1.807, 2.05) is 6.92 Å². The van der Waals surface area contributed by atoms with Gasteiger partial charge in [-0.25, -0.2) is 4.39 Å². The highest BCUT2D eigenvalue weighted by Gasteiger charge is 2.22. The highest BCUT2D eigenvalue weighted by molar-refractivity contribution is 7.58. The molecular formula is C7H17FNO2P. The summed E-state index contributed by atoms with van der Waals surface area (Å²) in [7, 11) is -3.24. The van der Waals surface area contributed by atoms with E-state index in [4.69, 9.17) is 5.73 Å². The molecule has 2 unspecified atom stereocenters. The molecule has 0 aliphatic rings. The Hall–Kier alpha value is 0.0800. The Balaban J connectivity index is 3.78. The lowest BCUT2D eigenvalue weighted by molar-refractivity contribution is 0.358. The second-order valence-corrected chi connectivity index (χ2v) is 5.44. The lowest BCUT2D eigenvalue weighted by atomic mass is 10.4. The van der Waals surface area contributed by atoms with Crippen molar-refractivity contribution in [1.82, 2.24) is 0 Å². The summed E-state index contributed by atoms with van der Waals surface area (Å²) >= 11 is 0. The number of hydrogen-bond acceptors (Lipinski definition) is 2. The first-order chi connectivity index (χ1) is 5.52. The number of nitrogens with two attached hydrogens (primary N) is 1. The maximum Gasteiger partial charge on any atom is 0.203 e. The molecule has 0 aromatic heterocycles. The Morgan fingerprint density at radius 2 is 2.25 bits per heavy atom. The first-order valence-electron chi connectivity index (χ1n) is 4.17. The number of alkyl halides is 1. The zero-order valence-corrected chi connectivity index (χ0v) is 8.27. The van der Waals surface area contributed by atoms with Gasteiger partial charge >= 0.3 is 0 Å². The molecule has 0 rings (SSSR count). The van der Waals surface area contributed by atoms with Crippen molar-refractivity contribution in [2.24, 2.45) is 5.73 Å². The molecule has 0 saturated carbocycles. The summed E-state index contributed by atoms with van der Waals surface area (Å²) in [5.41, 5.74) is 5.00. The van der Waals surface area contributed by atoms with Gasteiger partial charge < -0.3 is 10.6 Å². The van der Waals surface area contributed by atoms with Crippen molar-refractivity contribution in [3.8, 4) is 0 Å². The van der Waals surface area contributed by atoms with Crippen molar-refractivity contribution in [3.05, 3.63) is 0 Å². The van der Waals surface area contributed by atoms with Gasteiger partial charge in [-0.3, -0.25) is 4.57 Å². The monoisotopic (exact) mass is 197 g/mol. The van der Waals surface area contributed by atoms with Gasteiger partial charge in [0.2, 0.25) is 7.37 Å². The standard InChI is InChI=1S/C7H17FNO2P/c1-2-3-4-12(10,11)6-7(8)5-9/h7H,2-6,9H2,1H3,(H,10,11). The molecule has 12 heavy (non-hydrogen) atoms. The van der Waals surface area contributed by atoms with Crippen molar-refractivity contribution in [1.29, 1.82) is 0 Å². The van der Waals surface area contributed by atoms with E-state index in [0.717, 1.165) is 6.42 Å². The second kappa shape index (κ2) is 5.68. The largest absolute Gasteiger partial charge is 0.344 e. The van der Waals surface area contributed by atoms with Crippen LogP contribution in [0.1, 0.15) is 19.8 Å². The molecule has 3 nitrogen and oxygen atoms in total. The van der Waals surface area contributed by atoms with Crippen molar-refractivity contribution in [2.75, 3.05) is 18.9 Å². The van der Waals surface area contributed by atoms with Crippen LogP contribution in [0, 0.1) is 0 Å². The number of halogens is 1. The van der Waals surface area contributed by atoms with E-state index in [1.54, 1.807) is 0 Å². The van der Waals surface area contributed by atoms with Gasteiger partial charge in [0.05, 0.1) is 6.16 Å². The molecule has 0 saturated heterocycles. The summed E-state index contributed by atoms with van der Waals surface area (Å²) in [4.78, 5) is 9.21. The maximum atomic E-state index is 12.6. The molecule has 5 heteroatoms. The molecule has 0 aliphatic carbocycles. The van der Waals surface area contributed by atoms with Gasteiger partial charge in [-0.1, -0.05) is 13.3 Å². The highest BCUT2D eigenvalue weighted by atomic mass is 31.2. The third kappa shape index (κ3) is 5.70. The van der Waals surface area contributed by atoms with Crippen LogP contribution >= 0.6 is 7.37 Å². The van der Waals surface area contributed by atoms with E-state index in [0.29, 0.717) is 6.42 Å². The third-order valence-corrected chi connectivity index (χ3v) is 3.58. The van der Waals surface area contributed by atoms with E-state index in [9.17, 15) is 13.8 Å². The van der Waals surface area contributed by atoms with Crippen LogP contribution in [0.4, 0.5) is 4.39 Å². The summed E-state index contributed by atoms with van der Waals surface area (Å²) in [5.74, 6) is 0. The fourth-order valence-electron chi connectivity index (χ4n) is 0.881. The fraction of sp³-hybridized carbons (Fsp3) is 1.00. The van der Waals surface area contributed by atoms with Gasteiger partial charge in [-0.15, -0.1) is 0 Å². The van der Waals surface area contributed by atoms with Crippen LogP contribution < -0.4 is 5.73 Å². The van der Waals surface area contributed by atoms with Crippen LogP contribution in [0.2, 0.25) is 0 Å². The Bertz CT molecular complexity index is 165. The Morgan fingerprint density at radius 3 is 2.67 bits per heavy atom. The van der Waals surface area contributed by atoms with Gasteiger partial charge in [0.15, 0.2) is 0 Å². The molecule has 0 aliphatic heterocycles. The van der Waals surface area contributed by atoms with E-state index in [2.05, 4.69) is 0 Å². The van der Waals surface area contributed by atoms with Crippen molar-refractivity contribution < 1.29 is 13.8 Å². The normalized spacial score (nSPS) is 18.7. The molecule has 0 spiro atoms. The van der Waals surface area contributed by atoms with E-state index in [1.165, 1.54) is 0 Å². The average molecular weight is 197 g/mol. The summed E-state index contributed by atoms with van der Waals surface area (Å²) in [6.07, 6.45) is 0.112. The topological polar surface area (TPSA) is 63.3 Å². The smallest absolute Gasteiger partial charge is 0.203 e. The molecule has 3 N–H and O–H groups in total. The van der Waals surface area contributed by atoms with Gasteiger partial charge in [0.25, 0.3) is 0 Å². The SMILES string of the molecule is CCCCP(=O)(O)CC(F)CN. The Morgan fingerprint density at radius 1 is 1.67 bits per heavy atom. The molecule has 74 valence electrons. The van der Waals surface area contributed by atoms with Crippen LogP contribution in [-0.2, 0) is 4.57 Å². The predicted molar refractivity (Wildman–Crippen MR) is 48.4 cm³/mol. The number of unbranched alkanes of at least 4 members (excludes halogenated alkanes) is 1. The minimum atomic E-state index is -3.24. The highest BCUT2D eigenvalue weighted by Crippen LogP contribution is 2.42. The van der Waals surface area contributed by atoms with E-state index in [-0.39, 0.29) is 18.9 Å². The van der Waals surface area contributed by atoms with E-state index >= 15 is 0 Å². The molecule has 0 radical (unpaired) electrons. The van der Waals surface area contributed by atoms with Crippen LogP contribution in [0.3, 0.4) is 0 Å². The zero-order chi connectivity index (χ0) is 9.61. The van der Waals surface area contributed by atoms with Crippen LogP contribution in [0.15, 0.2) is 0 Å². The van der Waals surface area contributed by atoms with Crippen LogP contribution in [0.5, 0.6) is 0 Å². The Labute approximate surface area is 72.6 Å². The lowest BCUT2D eigenvalue weighted by Crippen LogP contribution is -2.19. The molecule has 0 fully saturated rings.